The summed E-state index contributed by atoms with van der Waals surface area (Å²) in [5.41, 5.74) is 3.41. The van der Waals surface area contributed by atoms with Crippen molar-refractivity contribution in [2.24, 2.45) is 0 Å². The summed E-state index contributed by atoms with van der Waals surface area (Å²) in [5.74, 6) is -0.0104. The third-order valence-electron chi connectivity index (χ3n) is 5.35. The molecule has 0 bridgehead atoms. The monoisotopic (exact) mass is 388 g/mol. The smallest absolute Gasteiger partial charge is 0.252 e. The molecule has 3 aromatic rings. The second-order valence-electron chi connectivity index (χ2n) is 7.67. The molecule has 3 nitrogen and oxygen atoms in total. The topological polar surface area (TPSA) is 42.0 Å². The molecule has 3 heteroatoms. The molecule has 3 rings (SSSR count). The molecule has 0 atom stereocenters. The Bertz CT molecular complexity index is 905. The van der Waals surface area contributed by atoms with Crippen molar-refractivity contribution in [2.45, 2.75) is 58.3 Å². The fourth-order valence-corrected chi connectivity index (χ4v) is 3.68. The van der Waals surface area contributed by atoms with Crippen LogP contribution >= 0.6 is 0 Å². The van der Waals surface area contributed by atoms with Gasteiger partial charge in [0.05, 0.1) is 16.8 Å². The summed E-state index contributed by atoms with van der Waals surface area (Å²) < 4.78 is 0. The number of nitrogens with one attached hydrogen (secondary N) is 1. The van der Waals surface area contributed by atoms with Crippen LogP contribution in [0.15, 0.2) is 60.7 Å². The van der Waals surface area contributed by atoms with E-state index in [1.165, 1.54) is 44.9 Å². The molecule has 0 aliphatic rings. The van der Waals surface area contributed by atoms with E-state index in [2.05, 4.69) is 12.2 Å². The van der Waals surface area contributed by atoms with Crippen molar-refractivity contribution >= 4 is 16.8 Å². The average molecular weight is 389 g/mol. The van der Waals surface area contributed by atoms with Crippen LogP contribution in [-0.4, -0.2) is 17.4 Å². The van der Waals surface area contributed by atoms with Gasteiger partial charge in [0, 0.05) is 17.5 Å². The van der Waals surface area contributed by atoms with Crippen molar-refractivity contribution in [3.05, 3.63) is 66.2 Å². The summed E-state index contributed by atoms with van der Waals surface area (Å²) in [4.78, 5) is 17.7. The third-order valence-corrected chi connectivity index (χ3v) is 5.35. The molecule has 1 heterocycles. The molecular weight excluding hydrogens is 356 g/mol. The maximum absolute atomic E-state index is 12.9. The van der Waals surface area contributed by atoms with Crippen LogP contribution in [0.5, 0.6) is 0 Å². The molecule has 29 heavy (non-hydrogen) atoms. The maximum Gasteiger partial charge on any atom is 0.252 e. The van der Waals surface area contributed by atoms with Gasteiger partial charge >= 0.3 is 0 Å². The Morgan fingerprint density at radius 2 is 1.48 bits per heavy atom. The summed E-state index contributed by atoms with van der Waals surface area (Å²) in [7, 11) is 0. The number of carbonyl (C=O) groups is 1. The van der Waals surface area contributed by atoms with Crippen LogP contribution in [0.1, 0.15) is 68.6 Å². The predicted molar refractivity (Wildman–Crippen MR) is 122 cm³/mol. The quantitative estimate of drug-likeness (QED) is 0.368. The fraction of sp³-hybridized carbons (Fsp3) is 0.385. The number of carbonyl (C=O) groups excluding carboxylic acids is 1. The van der Waals surface area contributed by atoms with Crippen LogP contribution in [0.2, 0.25) is 0 Å². The minimum Gasteiger partial charge on any atom is -0.352 e. The molecule has 0 fully saturated rings. The van der Waals surface area contributed by atoms with Crippen LogP contribution in [0.4, 0.5) is 0 Å². The molecule has 1 aromatic heterocycles. The van der Waals surface area contributed by atoms with E-state index in [-0.39, 0.29) is 5.91 Å². The van der Waals surface area contributed by atoms with E-state index in [4.69, 9.17) is 4.98 Å². The fourth-order valence-electron chi connectivity index (χ4n) is 3.68. The minimum absolute atomic E-state index is 0.0104. The van der Waals surface area contributed by atoms with Gasteiger partial charge in [-0.3, -0.25) is 4.79 Å². The Morgan fingerprint density at radius 1 is 0.828 bits per heavy atom. The van der Waals surface area contributed by atoms with Gasteiger partial charge in [-0.25, -0.2) is 4.98 Å². The number of pyridine rings is 1. The van der Waals surface area contributed by atoms with E-state index in [9.17, 15) is 4.79 Å². The summed E-state index contributed by atoms with van der Waals surface area (Å²) in [5, 5.41) is 4.02. The largest absolute Gasteiger partial charge is 0.352 e. The maximum atomic E-state index is 12.9. The number of rotatable bonds is 11. The molecule has 0 radical (unpaired) electrons. The van der Waals surface area contributed by atoms with Crippen LogP contribution in [0.25, 0.3) is 22.2 Å². The molecule has 0 spiro atoms. The van der Waals surface area contributed by atoms with Gasteiger partial charge in [-0.15, -0.1) is 0 Å². The molecule has 2 aromatic carbocycles. The van der Waals surface area contributed by atoms with E-state index >= 15 is 0 Å². The molecule has 0 unspecified atom stereocenters. The molecule has 0 aliphatic heterocycles. The Labute approximate surface area is 174 Å². The number of fused-ring (bicyclic) bond motifs is 1. The van der Waals surface area contributed by atoms with Gasteiger partial charge in [0.15, 0.2) is 0 Å². The third kappa shape index (κ3) is 6.15. The number of aromatic nitrogens is 1. The Kier molecular flexibility index (Phi) is 8.24. The first-order valence-electron chi connectivity index (χ1n) is 11.0. The second-order valence-corrected chi connectivity index (χ2v) is 7.67. The van der Waals surface area contributed by atoms with Crippen LogP contribution in [-0.2, 0) is 0 Å². The van der Waals surface area contributed by atoms with Crippen molar-refractivity contribution in [2.75, 3.05) is 6.54 Å². The number of para-hydroxylation sites is 1. The Balaban J connectivity index is 1.60. The number of benzene rings is 2. The number of amides is 1. The van der Waals surface area contributed by atoms with Crippen LogP contribution < -0.4 is 5.32 Å². The molecule has 152 valence electrons. The van der Waals surface area contributed by atoms with Crippen LogP contribution in [0.3, 0.4) is 0 Å². The molecule has 0 aliphatic carbocycles. The van der Waals surface area contributed by atoms with Gasteiger partial charge in [0.25, 0.3) is 5.91 Å². The number of hydrogen-bond acceptors (Lipinski definition) is 2. The zero-order valence-electron chi connectivity index (χ0n) is 17.5. The Hall–Kier alpha value is -2.68. The van der Waals surface area contributed by atoms with E-state index in [1.807, 2.05) is 60.7 Å². The van der Waals surface area contributed by atoms with E-state index in [1.54, 1.807) is 0 Å². The number of nitrogens with zero attached hydrogens (tertiary/aromatic N) is 1. The lowest BCUT2D eigenvalue weighted by atomic mass is 10.0. The normalized spacial score (nSPS) is 10.9. The van der Waals surface area contributed by atoms with Gasteiger partial charge < -0.3 is 5.32 Å². The van der Waals surface area contributed by atoms with Crippen molar-refractivity contribution in [3.8, 4) is 11.3 Å². The summed E-state index contributed by atoms with van der Waals surface area (Å²) in [6.45, 7) is 2.97. The summed E-state index contributed by atoms with van der Waals surface area (Å²) >= 11 is 0. The van der Waals surface area contributed by atoms with E-state index in [0.29, 0.717) is 5.56 Å². The van der Waals surface area contributed by atoms with Gasteiger partial charge in [0.2, 0.25) is 0 Å². The molecule has 0 saturated carbocycles. The molecule has 1 N–H and O–H groups in total. The highest BCUT2D eigenvalue weighted by molar-refractivity contribution is 6.07. The first-order valence-corrected chi connectivity index (χ1v) is 11.0. The van der Waals surface area contributed by atoms with Gasteiger partial charge in [-0.2, -0.15) is 0 Å². The van der Waals surface area contributed by atoms with E-state index in [0.717, 1.165) is 35.1 Å². The number of hydrogen-bond donors (Lipinski definition) is 1. The standard InChI is InChI=1S/C26H32N2O/c1-2-3-4-5-6-7-8-14-19-27-26(29)23-20-25(21-15-10-9-11-16-21)28-24-18-13-12-17-22(23)24/h9-13,15-18,20H,2-8,14,19H2,1H3,(H,27,29). The second kappa shape index (κ2) is 11.4. The van der Waals surface area contributed by atoms with E-state index < -0.39 is 0 Å². The predicted octanol–water partition coefficient (Wildman–Crippen LogP) is 6.77. The lowest BCUT2D eigenvalue weighted by Gasteiger charge is -2.11. The first kappa shape index (κ1) is 21.0. The van der Waals surface area contributed by atoms with Crippen LogP contribution in [0, 0.1) is 0 Å². The SMILES string of the molecule is CCCCCCCCCCNC(=O)c1cc(-c2ccccc2)nc2ccccc12. The van der Waals surface area contributed by atoms with Crippen molar-refractivity contribution in [1.82, 2.24) is 10.3 Å². The average Bonchev–Trinajstić information content (AvgIpc) is 2.77. The van der Waals surface area contributed by atoms with Crippen molar-refractivity contribution in [3.63, 3.8) is 0 Å². The van der Waals surface area contributed by atoms with Gasteiger partial charge in [-0.1, -0.05) is 100 Å². The van der Waals surface area contributed by atoms with Gasteiger partial charge in [-0.05, 0) is 18.6 Å². The van der Waals surface area contributed by atoms with Crippen molar-refractivity contribution in [1.29, 1.82) is 0 Å². The summed E-state index contributed by atoms with van der Waals surface area (Å²) in [6.07, 6.45) is 10.1. The zero-order chi connectivity index (χ0) is 20.3. The Morgan fingerprint density at radius 3 is 2.24 bits per heavy atom. The molecular formula is C26H32N2O. The molecule has 0 saturated heterocycles. The highest BCUT2D eigenvalue weighted by atomic mass is 16.1. The molecule has 1 amide bonds. The first-order chi connectivity index (χ1) is 14.3. The van der Waals surface area contributed by atoms with Crippen molar-refractivity contribution < 1.29 is 4.79 Å². The number of unbranched alkanes of at least 4 members (excludes halogenated alkanes) is 7. The minimum atomic E-state index is -0.0104. The lowest BCUT2D eigenvalue weighted by Crippen LogP contribution is -2.24. The van der Waals surface area contributed by atoms with Gasteiger partial charge in [0.1, 0.15) is 0 Å². The highest BCUT2D eigenvalue weighted by Gasteiger charge is 2.13. The highest BCUT2D eigenvalue weighted by Crippen LogP contribution is 2.24. The summed E-state index contributed by atoms with van der Waals surface area (Å²) in [6, 6.07) is 19.8. The lowest BCUT2D eigenvalue weighted by molar-refractivity contribution is 0.0954. The zero-order valence-corrected chi connectivity index (χ0v) is 17.5.